The molecule has 1 aliphatic rings. The van der Waals surface area contributed by atoms with Crippen LogP contribution in [0.5, 0.6) is 0 Å². The van der Waals surface area contributed by atoms with Crippen molar-refractivity contribution < 1.29 is 17.6 Å². The first-order valence-corrected chi connectivity index (χ1v) is 10.6. The number of hydrogen-bond acceptors (Lipinski definition) is 4. The lowest BCUT2D eigenvalue weighted by Gasteiger charge is -2.29. The maximum Gasteiger partial charge on any atom is 0.256 e. The molecule has 8 heteroatoms. The van der Waals surface area contributed by atoms with E-state index in [4.69, 9.17) is 0 Å². The average molecular weight is 386 g/mol. The van der Waals surface area contributed by atoms with Crippen molar-refractivity contribution in [2.45, 2.75) is 38.6 Å². The van der Waals surface area contributed by atoms with Gasteiger partial charge in [0.1, 0.15) is 5.82 Å². The number of rotatable bonds is 7. The predicted molar refractivity (Wildman–Crippen MR) is 101 cm³/mol. The second-order valence-electron chi connectivity index (χ2n) is 7.01. The van der Waals surface area contributed by atoms with Crippen LogP contribution in [0, 0.1) is 11.7 Å². The molecule has 0 atom stereocenters. The van der Waals surface area contributed by atoms with E-state index in [9.17, 15) is 17.6 Å². The molecular formula is C18H28FN3O3S. The lowest BCUT2D eigenvalue weighted by molar-refractivity contribution is 0.0823. The van der Waals surface area contributed by atoms with Crippen LogP contribution in [0.1, 0.15) is 43.0 Å². The first-order chi connectivity index (χ1) is 12.2. The van der Waals surface area contributed by atoms with E-state index in [0.717, 1.165) is 25.7 Å². The second-order valence-corrected chi connectivity index (χ2v) is 9.06. The Balaban J connectivity index is 1.83. The number of nitrogens with one attached hydrogen (secondary N) is 2. The highest BCUT2D eigenvalue weighted by Crippen LogP contribution is 2.25. The van der Waals surface area contributed by atoms with E-state index in [2.05, 4.69) is 10.0 Å². The topological polar surface area (TPSA) is 78.5 Å². The number of benzene rings is 1. The van der Waals surface area contributed by atoms with Gasteiger partial charge in [-0.3, -0.25) is 4.79 Å². The van der Waals surface area contributed by atoms with Gasteiger partial charge in [0.2, 0.25) is 10.0 Å². The summed E-state index contributed by atoms with van der Waals surface area (Å²) in [6, 6.07) is 4.57. The normalized spacial score (nSPS) is 20.6. The average Bonchev–Trinajstić information content (AvgIpc) is 2.60. The van der Waals surface area contributed by atoms with Crippen molar-refractivity contribution in [1.29, 1.82) is 0 Å². The van der Waals surface area contributed by atoms with Crippen molar-refractivity contribution in [2.24, 2.45) is 5.92 Å². The minimum Gasteiger partial charge on any atom is -0.385 e. The quantitative estimate of drug-likeness (QED) is 0.756. The molecule has 1 saturated carbocycles. The molecule has 2 rings (SSSR count). The molecular weight excluding hydrogens is 357 g/mol. The fourth-order valence-corrected chi connectivity index (χ4v) is 4.03. The number of anilines is 1. The van der Waals surface area contributed by atoms with Crippen molar-refractivity contribution in [3.05, 3.63) is 29.6 Å². The largest absolute Gasteiger partial charge is 0.385 e. The highest BCUT2D eigenvalue weighted by molar-refractivity contribution is 7.89. The van der Waals surface area contributed by atoms with Gasteiger partial charge in [-0.2, -0.15) is 0 Å². The van der Waals surface area contributed by atoms with Crippen LogP contribution in [-0.2, 0) is 10.0 Å². The van der Waals surface area contributed by atoms with Crippen LogP contribution in [0.3, 0.4) is 0 Å². The van der Waals surface area contributed by atoms with Gasteiger partial charge in [0.15, 0.2) is 0 Å². The fraction of sp³-hybridized carbons (Fsp3) is 0.611. The smallest absolute Gasteiger partial charge is 0.256 e. The first-order valence-electron chi connectivity index (χ1n) is 8.97. The molecule has 146 valence electrons. The molecule has 26 heavy (non-hydrogen) atoms. The van der Waals surface area contributed by atoms with Gasteiger partial charge in [-0.25, -0.2) is 17.5 Å². The van der Waals surface area contributed by atoms with E-state index in [1.165, 1.54) is 17.0 Å². The SMILES string of the molecule is CCS(=O)(=O)N[C@H]1CC[C@H](CNc2ccc(C(=O)N(C)C)c(F)c2)CC1. The van der Waals surface area contributed by atoms with E-state index in [0.29, 0.717) is 18.2 Å². The summed E-state index contributed by atoms with van der Waals surface area (Å²) in [7, 11) is 0.0241. The van der Waals surface area contributed by atoms with Gasteiger partial charge in [0.05, 0.1) is 11.3 Å². The number of nitrogens with zero attached hydrogens (tertiary/aromatic N) is 1. The van der Waals surface area contributed by atoms with Crippen LogP contribution in [0.25, 0.3) is 0 Å². The third-order valence-corrected chi connectivity index (χ3v) is 6.23. The Morgan fingerprint density at radius 3 is 2.42 bits per heavy atom. The van der Waals surface area contributed by atoms with Crippen LogP contribution in [0.15, 0.2) is 18.2 Å². The maximum atomic E-state index is 14.1. The Bertz CT molecular complexity index is 729. The molecule has 0 heterocycles. The lowest BCUT2D eigenvalue weighted by atomic mass is 9.86. The van der Waals surface area contributed by atoms with E-state index < -0.39 is 15.8 Å². The molecule has 1 aliphatic carbocycles. The Kier molecular flexibility index (Phi) is 7.00. The van der Waals surface area contributed by atoms with Gasteiger partial charge >= 0.3 is 0 Å². The molecule has 0 unspecified atom stereocenters. The van der Waals surface area contributed by atoms with Gasteiger partial charge < -0.3 is 10.2 Å². The molecule has 2 N–H and O–H groups in total. The van der Waals surface area contributed by atoms with Crippen LogP contribution < -0.4 is 10.0 Å². The van der Waals surface area contributed by atoms with Gasteiger partial charge in [0.25, 0.3) is 5.91 Å². The third kappa shape index (κ3) is 5.67. The van der Waals surface area contributed by atoms with E-state index in [1.54, 1.807) is 27.1 Å². The summed E-state index contributed by atoms with van der Waals surface area (Å²) >= 11 is 0. The van der Waals surface area contributed by atoms with Crippen molar-refractivity contribution in [3.8, 4) is 0 Å². The molecule has 1 aromatic rings. The summed E-state index contributed by atoms with van der Waals surface area (Å²) in [5.74, 6) is -0.372. The maximum absolute atomic E-state index is 14.1. The molecule has 1 amide bonds. The molecule has 0 saturated heterocycles. The highest BCUT2D eigenvalue weighted by atomic mass is 32.2. The Morgan fingerprint density at radius 1 is 1.23 bits per heavy atom. The van der Waals surface area contributed by atoms with E-state index in [-0.39, 0.29) is 23.3 Å². The fourth-order valence-electron chi connectivity index (χ4n) is 3.12. The molecule has 0 aromatic heterocycles. The summed E-state index contributed by atoms with van der Waals surface area (Å²) in [6.45, 7) is 2.34. The van der Waals surface area contributed by atoms with E-state index in [1.807, 2.05) is 0 Å². The van der Waals surface area contributed by atoms with Gasteiger partial charge in [-0.05, 0) is 56.7 Å². The summed E-state index contributed by atoms with van der Waals surface area (Å²) < 4.78 is 40.1. The highest BCUT2D eigenvalue weighted by Gasteiger charge is 2.24. The van der Waals surface area contributed by atoms with Gasteiger partial charge in [-0.15, -0.1) is 0 Å². The van der Waals surface area contributed by atoms with E-state index >= 15 is 0 Å². The summed E-state index contributed by atoms with van der Waals surface area (Å²) in [6.07, 6.45) is 3.47. The Labute approximate surface area is 155 Å². The Hall–Kier alpha value is -1.67. The van der Waals surface area contributed by atoms with Crippen molar-refractivity contribution in [1.82, 2.24) is 9.62 Å². The summed E-state index contributed by atoms with van der Waals surface area (Å²) in [5.41, 5.74) is 0.705. The number of carbonyl (C=O) groups is 1. The molecule has 1 aromatic carbocycles. The number of sulfonamides is 1. The molecule has 0 aliphatic heterocycles. The van der Waals surface area contributed by atoms with Crippen molar-refractivity contribution in [3.63, 3.8) is 0 Å². The minimum atomic E-state index is -3.15. The van der Waals surface area contributed by atoms with Crippen LogP contribution in [0.4, 0.5) is 10.1 Å². The first kappa shape index (κ1) is 20.6. The number of hydrogen-bond donors (Lipinski definition) is 2. The van der Waals surface area contributed by atoms with Gasteiger partial charge in [-0.1, -0.05) is 0 Å². The second kappa shape index (κ2) is 8.81. The molecule has 1 fully saturated rings. The molecule has 0 bridgehead atoms. The van der Waals surface area contributed by atoms with Crippen LogP contribution in [-0.4, -0.2) is 51.7 Å². The van der Waals surface area contributed by atoms with Crippen molar-refractivity contribution >= 4 is 21.6 Å². The summed E-state index contributed by atoms with van der Waals surface area (Å²) in [4.78, 5) is 13.2. The summed E-state index contributed by atoms with van der Waals surface area (Å²) in [5, 5.41) is 3.22. The lowest BCUT2D eigenvalue weighted by Crippen LogP contribution is -2.39. The Morgan fingerprint density at radius 2 is 1.88 bits per heavy atom. The zero-order valence-corrected chi connectivity index (χ0v) is 16.4. The minimum absolute atomic E-state index is 0.0185. The predicted octanol–water partition coefficient (Wildman–Crippen LogP) is 2.44. The monoisotopic (exact) mass is 385 g/mol. The van der Waals surface area contributed by atoms with Crippen molar-refractivity contribution in [2.75, 3.05) is 31.7 Å². The molecule has 6 nitrogen and oxygen atoms in total. The number of carbonyl (C=O) groups excluding carboxylic acids is 1. The number of halogens is 1. The van der Waals surface area contributed by atoms with Crippen LogP contribution in [0.2, 0.25) is 0 Å². The van der Waals surface area contributed by atoms with Crippen LogP contribution >= 0.6 is 0 Å². The third-order valence-electron chi connectivity index (χ3n) is 4.77. The number of amides is 1. The standard InChI is InChI=1S/C18H28FN3O3S/c1-4-26(24,25)21-14-7-5-13(6-8-14)12-20-15-9-10-16(17(19)11-15)18(23)22(2)3/h9-11,13-14,20-21H,4-8,12H2,1-3H3/t13-,14-. The molecule has 0 radical (unpaired) electrons. The zero-order valence-electron chi connectivity index (χ0n) is 15.6. The zero-order chi connectivity index (χ0) is 19.3. The molecule has 0 spiro atoms. The van der Waals surface area contributed by atoms with Gasteiger partial charge in [0, 0.05) is 32.4 Å².